The lowest BCUT2D eigenvalue weighted by Gasteiger charge is -2.06. The highest BCUT2D eigenvalue weighted by Gasteiger charge is 2.17. The van der Waals surface area contributed by atoms with Crippen LogP contribution in [0.5, 0.6) is 5.75 Å². The van der Waals surface area contributed by atoms with Gasteiger partial charge in [0.15, 0.2) is 5.65 Å². The molecule has 0 N–H and O–H groups in total. The van der Waals surface area contributed by atoms with Gasteiger partial charge in [-0.05, 0) is 36.2 Å². The lowest BCUT2D eigenvalue weighted by molar-refractivity contribution is -0.384. The highest BCUT2D eigenvalue weighted by molar-refractivity contribution is 5.78. The van der Waals surface area contributed by atoms with Gasteiger partial charge in [0.25, 0.3) is 5.69 Å². The normalized spacial score (nSPS) is 11.1. The van der Waals surface area contributed by atoms with E-state index in [1.165, 1.54) is 6.07 Å². The van der Waals surface area contributed by atoms with Crippen molar-refractivity contribution in [2.24, 2.45) is 7.05 Å². The lowest BCUT2D eigenvalue weighted by atomic mass is 10.1. The summed E-state index contributed by atoms with van der Waals surface area (Å²) in [6, 6.07) is 12.6. The topological polar surface area (TPSA) is 88.0 Å². The Labute approximate surface area is 161 Å². The van der Waals surface area contributed by atoms with Gasteiger partial charge in [-0.25, -0.2) is 9.67 Å². The lowest BCUT2D eigenvalue weighted by Crippen LogP contribution is -2.02. The molecule has 142 valence electrons. The first-order valence-corrected chi connectivity index (χ1v) is 8.74. The Hall–Kier alpha value is -3.68. The van der Waals surface area contributed by atoms with Crippen LogP contribution in [0.15, 0.2) is 48.7 Å². The van der Waals surface area contributed by atoms with E-state index in [1.54, 1.807) is 25.4 Å². The van der Waals surface area contributed by atoms with Crippen molar-refractivity contribution >= 4 is 16.9 Å². The maximum atomic E-state index is 11.0. The first-order chi connectivity index (χ1) is 13.5. The number of aromatic nitrogens is 4. The van der Waals surface area contributed by atoms with Gasteiger partial charge in [0, 0.05) is 24.7 Å². The number of non-ortho nitro benzene ring substituents is 1. The summed E-state index contributed by atoms with van der Waals surface area (Å²) in [7, 11) is 3.56. The Balaban J connectivity index is 1.72. The minimum Gasteiger partial charge on any atom is -0.497 e. The molecule has 0 saturated heterocycles. The first kappa shape index (κ1) is 17.7. The van der Waals surface area contributed by atoms with Gasteiger partial charge in [-0.1, -0.05) is 12.1 Å². The molecule has 2 aromatic carbocycles. The minimum atomic E-state index is -0.390. The summed E-state index contributed by atoms with van der Waals surface area (Å²) in [5.74, 6) is 1.56. The van der Waals surface area contributed by atoms with E-state index in [4.69, 9.17) is 9.72 Å². The molecule has 2 heterocycles. The molecular weight excluding hydrogens is 358 g/mol. The van der Waals surface area contributed by atoms with E-state index in [1.807, 2.05) is 47.5 Å². The smallest absolute Gasteiger partial charge is 0.269 e. The summed E-state index contributed by atoms with van der Waals surface area (Å²) >= 11 is 0. The number of nitro benzene ring substituents is 1. The average Bonchev–Trinajstić information content (AvgIpc) is 3.23. The maximum absolute atomic E-state index is 11.0. The van der Waals surface area contributed by atoms with Crippen LogP contribution in [0.2, 0.25) is 0 Å². The van der Waals surface area contributed by atoms with Crippen LogP contribution in [-0.2, 0) is 13.6 Å². The predicted molar refractivity (Wildman–Crippen MR) is 105 cm³/mol. The summed E-state index contributed by atoms with van der Waals surface area (Å²) in [5.41, 5.74) is 4.50. The van der Waals surface area contributed by atoms with Crippen molar-refractivity contribution in [3.63, 3.8) is 0 Å². The number of hydrogen-bond donors (Lipinski definition) is 0. The Morgan fingerprint density at radius 3 is 2.57 bits per heavy atom. The third-order valence-corrected chi connectivity index (χ3v) is 4.84. The quantitative estimate of drug-likeness (QED) is 0.391. The number of nitro groups is 1. The molecule has 0 saturated carbocycles. The minimum absolute atomic E-state index is 0.0747. The summed E-state index contributed by atoms with van der Waals surface area (Å²) in [4.78, 5) is 15.4. The maximum Gasteiger partial charge on any atom is 0.269 e. The van der Waals surface area contributed by atoms with Crippen molar-refractivity contribution in [2.45, 2.75) is 13.5 Å². The fraction of sp³-hybridized carbons (Fsp3) is 0.200. The Morgan fingerprint density at radius 2 is 1.93 bits per heavy atom. The number of rotatable bonds is 5. The molecule has 0 bridgehead atoms. The van der Waals surface area contributed by atoms with Gasteiger partial charge in [-0.2, -0.15) is 5.10 Å². The summed E-state index contributed by atoms with van der Waals surface area (Å²) < 4.78 is 9.00. The van der Waals surface area contributed by atoms with Gasteiger partial charge in [0.1, 0.15) is 17.1 Å². The number of imidazole rings is 1. The van der Waals surface area contributed by atoms with Crippen LogP contribution in [0.3, 0.4) is 0 Å². The van der Waals surface area contributed by atoms with E-state index in [0.29, 0.717) is 6.54 Å². The zero-order chi connectivity index (χ0) is 19.8. The number of hydrogen-bond acceptors (Lipinski definition) is 5. The van der Waals surface area contributed by atoms with E-state index < -0.39 is 4.92 Å². The second kappa shape index (κ2) is 6.80. The molecule has 4 aromatic rings. The number of benzene rings is 2. The molecule has 4 rings (SSSR count). The first-order valence-electron chi connectivity index (χ1n) is 8.74. The van der Waals surface area contributed by atoms with E-state index >= 15 is 0 Å². The van der Waals surface area contributed by atoms with Gasteiger partial charge in [-0.15, -0.1) is 0 Å². The van der Waals surface area contributed by atoms with Crippen LogP contribution >= 0.6 is 0 Å². The molecule has 8 heteroatoms. The fourth-order valence-electron chi connectivity index (χ4n) is 3.28. The van der Waals surface area contributed by atoms with Crippen molar-refractivity contribution < 1.29 is 9.66 Å². The molecule has 0 unspecified atom stereocenters. The van der Waals surface area contributed by atoms with Crippen LogP contribution in [0.1, 0.15) is 11.1 Å². The zero-order valence-corrected chi connectivity index (χ0v) is 15.8. The number of methoxy groups -OCH3 is 1. The molecule has 0 spiro atoms. The Kier molecular flexibility index (Phi) is 4.31. The molecule has 2 aromatic heterocycles. The van der Waals surface area contributed by atoms with Crippen molar-refractivity contribution in [3.05, 3.63) is 69.9 Å². The molecule has 0 fully saturated rings. The number of ether oxygens (including phenoxy) is 1. The van der Waals surface area contributed by atoms with Crippen molar-refractivity contribution in [3.8, 4) is 17.1 Å². The van der Waals surface area contributed by atoms with E-state index in [9.17, 15) is 10.1 Å². The van der Waals surface area contributed by atoms with E-state index in [-0.39, 0.29) is 5.69 Å². The van der Waals surface area contributed by atoms with Gasteiger partial charge in [-0.3, -0.25) is 10.1 Å². The Bertz CT molecular complexity index is 1170. The van der Waals surface area contributed by atoms with Gasteiger partial charge < -0.3 is 9.30 Å². The number of fused-ring (bicyclic) bond motifs is 1. The largest absolute Gasteiger partial charge is 0.497 e. The van der Waals surface area contributed by atoms with Crippen molar-refractivity contribution in [1.82, 2.24) is 19.3 Å². The fourth-order valence-corrected chi connectivity index (χ4v) is 3.28. The average molecular weight is 377 g/mol. The molecule has 0 atom stereocenters. The van der Waals surface area contributed by atoms with E-state index in [0.717, 1.165) is 39.4 Å². The number of aryl methyl sites for hydroxylation is 2. The Morgan fingerprint density at radius 1 is 1.18 bits per heavy atom. The van der Waals surface area contributed by atoms with Crippen LogP contribution < -0.4 is 4.74 Å². The van der Waals surface area contributed by atoms with E-state index in [2.05, 4.69) is 5.10 Å². The molecule has 0 amide bonds. The summed E-state index contributed by atoms with van der Waals surface area (Å²) in [5, 5.41) is 15.5. The molecule has 0 aliphatic carbocycles. The highest BCUT2D eigenvalue weighted by Crippen LogP contribution is 2.29. The van der Waals surface area contributed by atoms with Crippen LogP contribution in [-0.4, -0.2) is 31.4 Å². The van der Waals surface area contributed by atoms with Gasteiger partial charge in [0.2, 0.25) is 0 Å². The standard InChI is InChI=1S/C20H19N5O3/c1-13-10-15(25(26)27)6-9-17(13)19-22-20-18(23(19)2)11-21-24(20)12-14-4-7-16(28-3)8-5-14/h4-11H,12H2,1-3H3. The predicted octanol–water partition coefficient (Wildman–Crippen LogP) is 3.71. The second-order valence-corrected chi connectivity index (χ2v) is 6.61. The second-order valence-electron chi connectivity index (χ2n) is 6.61. The zero-order valence-electron chi connectivity index (χ0n) is 15.8. The molecule has 0 aliphatic heterocycles. The third-order valence-electron chi connectivity index (χ3n) is 4.84. The number of nitrogens with zero attached hydrogens (tertiary/aromatic N) is 5. The molecule has 8 nitrogen and oxygen atoms in total. The monoisotopic (exact) mass is 377 g/mol. The summed E-state index contributed by atoms with van der Waals surface area (Å²) in [6.07, 6.45) is 1.79. The molecule has 0 aliphatic rings. The highest BCUT2D eigenvalue weighted by atomic mass is 16.6. The van der Waals surface area contributed by atoms with Crippen LogP contribution in [0.4, 0.5) is 5.69 Å². The van der Waals surface area contributed by atoms with Crippen LogP contribution in [0, 0.1) is 17.0 Å². The third kappa shape index (κ3) is 2.98. The molecule has 28 heavy (non-hydrogen) atoms. The van der Waals surface area contributed by atoms with Gasteiger partial charge in [0.05, 0.1) is 24.8 Å². The van der Waals surface area contributed by atoms with Crippen molar-refractivity contribution in [1.29, 1.82) is 0 Å². The molecular formula is C20H19N5O3. The van der Waals surface area contributed by atoms with Crippen LogP contribution in [0.25, 0.3) is 22.6 Å². The molecule has 0 radical (unpaired) electrons. The summed E-state index contributed by atoms with van der Waals surface area (Å²) in [6.45, 7) is 2.44. The van der Waals surface area contributed by atoms with Crippen molar-refractivity contribution in [2.75, 3.05) is 7.11 Å². The SMILES string of the molecule is COc1ccc(Cn2ncc3c2nc(-c2ccc([N+](=O)[O-])cc2C)n3C)cc1. The van der Waals surface area contributed by atoms with Gasteiger partial charge >= 0.3 is 0 Å².